The van der Waals surface area contributed by atoms with E-state index < -0.39 is 0 Å². The summed E-state index contributed by atoms with van der Waals surface area (Å²) in [6.07, 6.45) is 3.80. The topological polar surface area (TPSA) is 35.1 Å². The molecule has 2 aromatic carbocycles. The largest absolute Gasteiger partial charge is 0.486 e. The van der Waals surface area contributed by atoms with E-state index in [0.29, 0.717) is 6.61 Å². The van der Waals surface area contributed by atoms with Crippen LogP contribution < -0.4 is 14.8 Å². The fraction of sp³-hybridized carbons (Fsp3) is 0.368. The first kappa shape index (κ1) is 14.9. The molecule has 0 unspecified atom stereocenters. The van der Waals surface area contributed by atoms with Crippen molar-refractivity contribution in [3.63, 3.8) is 0 Å². The Hall–Kier alpha value is -2.00. The molecule has 1 atom stereocenters. The Bertz CT molecular complexity index is 571. The quantitative estimate of drug-likeness (QED) is 0.797. The Morgan fingerprint density at radius 2 is 1.68 bits per heavy atom. The highest BCUT2D eigenvalue weighted by atomic mass is 16.6. The highest BCUT2D eigenvalue weighted by Crippen LogP contribution is 2.30. The summed E-state index contributed by atoms with van der Waals surface area (Å²) in [5.74, 6) is 1.73. The predicted molar refractivity (Wildman–Crippen MR) is 87.4 cm³/mol. The molecule has 0 saturated carbocycles. The third kappa shape index (κ3) is 4.25. The summed E-state index contributed by atoms with van der Waals surface area (Å²) in [4.78, 5) is 0. The second kappa shape index (κ2) is 7.85. The molecule has 22 heavy (non-hydrogen) atoms. The number of unbranched alkanes of at least 4 members (excludes halogenated alkanes) is 1. The van der Waals surface area contributed by atoms with Gasteiger partial charge in [0.05, 0.1) is 6.54 Å². The van der Waals surface area contributed by atoms with Crippen LogP contribution >= 0.6 is 0 Å². The molecule has 0 aromatic heterocycles. The molecule has 1 aliphatic heterocycles. The van der Waals surface area contributed by atoms with E-state index in [9.17, 15) is 0 Å². The molecule has 1 aliphatic rings. The Morgan fingerprint density at radius 3 is 2.55 bits per heavy atom. The molecular formula is C19H24NO2+. The number of para-hydroxylation sites is 2. The van der Waals surface area contributed by atoms with Crippen molar-refractivity contribution in [1.29, 1.82) is 0 Å². The minimum Gasteiger partial charge on any atom is -0.486 e. The molecule has 0 amide bonds. The number of nitrogens with two attached hydrogens (primary N) is 1. The van der Waals surface area contributed by atoms with Crippen LogP contribution in [0.1, 0.15) is 18.4 Å². The third-order valence-corrected chi connectivity index (χ3v) is 3.96. The van der Waals surface area contributed by atoms with Gasteiger partial charge >= 0.3 is 0 Å². The summed E-state index contributed by atoms with van der Waals surface area (Å²) in [5.41, 5.74) is 1.43. The maximum atomic E-state index is 5.95. The van der Waals surface area contributed by atoms with Crippen LogP contribution in [0.5, 0.6) is 11.5 Å². The molecule has 3 nitrogen and oxygen atoms in total. The lowest BCUT2D eigenvalue weighted by Gasteiger charge is -2.25. The first-order valence-corrected chi connectivity index (χ1v) is 8.16. The number of hydrogen-bond acceptors (Lipinski definition) is 2. The molecule has 1 heterocycles. The van der Waals surface area contributed by atoms with E-state index in [2.05, 4.69) is 35.6 Å². The van der Waals surface area contributed by atoms with Crippen molar-refractivity contribution in [2.24, 2.45) is 0 Å². The summed E-state index contributed by atoms with van der Waals surface area (Å²) in [6.45, 7) is 2.76. The fourth-order valence-electron chi connectivity index (χ4n) is 2.75. The molecule has 3 rings (SSSR count). The average Bonchev–Trinajstić information content (AvgIpc) is 2.59. The van der Waals surface area contributed by atoms with Gasteiger partial charge in [0.15, 0.2) is 17.6 Å². The zero-order valence-corrected chi connectivity index (χ0v) is 12.9. The molecular weight excluding hydrogens is 274 g/mol. The van der Waals surface area contributed by atoms with Crippen LogP contribution in [-0.4, -0.2) is 25.8 Å². The molecule has 2 aromatic rings. The van der Waals surface area contributed by atoms with Crippen molar-refractivity contribution in [2.75, 3.05) is 19.7 Å². The molecule has 0 spiro atoms. The van der Waals surface area contributed by atoms with Crippen LogP contribution in [0.3, 0.4) is 0 Å². The molecule has 116 valence electrons. The van der Waals surface area contributed by atoms with Gasteiger partial charge in [0.1, 0.15) is 13.2 Å². The molecule has 0 aliphatic carbocycles. The van der Waals surface area contributed by atoms with Crippen molar-refractivity contribution in [1.82, 2.24) is 0 Å². The summed E-state index contributed by atoms with van der Waals surface area (Å²) in [5, 5.41) is 2.34. The van der Waals surface area contributed by atoms with Gasteiger partial charge in [-0.2, -0.15) is 0 Å². The number of quaternary nitrogens is 1. The summed E-state index contributed by atoms with van der Waals surface area (Å²) >= 11 is 0. The van der Waals surface area contributed by atoms with Gasteiger partial charge in [-0.1, -0.05) is 42.5 Å². The second-order valence-electron chi connectivity index (χ2n) is 5.75. The summed E-state index contributed by atoms with van der Waals surface area (Å²) in [6, 6.07) is 18.6. The minimum atomic E-state index is 0.157. The summed E-state index contributed by atoms with van der Waals surface area (Å²) < 4.78 is 11.7. The summed E-state index contributed by atoms with van der Waals surface area (Å²) in [7, 11) is 0. The van der Waals surface area contributed by atoms with Crippen molar-refractivity contribution in [3.05, 3.63) is 60.2 Å². The van der Waals surface area contributed by atoms with Gasteiger partial charge < -0.3 is 14.8 Å². The molecule has 2 N–H and O–H groups in total. The van der Waals surface area contributed by atoms with Gasteiger partial charge in [-0.15, -0.1) is 0 Å². The van der Waals surface area contributed by atoms with E-state index in [-0.39, 0.29) is 6.10 Å². The van der Waals surface area contributed by atoms with Gasteiger partial charge in [-0.25, -0.2) is 0 Å². The zero-order chi connectivity index (χ0) is 15.0. The standard InChI is InChI=1S/C19H23NO2/c1-2-8-16(9-3-1)10-6-7-13-20-14-17-15-21-18-11-4-5-12-19(18)22-17/h1-5,8-9,11-12,17,20H,6-7,10,13-15H2/p+1/t17-/m1/s1. The van der Waals surface area contributed by atoms with E-state index in [1.807, 2.05) is 24.3 Å². The first-order valence-electron chi connectivity index (χ1n) is 8.16. The van der Waals surface area contributed by atoms with E-state index in [1.165, 1.54) is 24.8 Å². The number of hydrogen-bond donors (Lipinski definition) is 1. The van der Waals surface area contributed by atoms with Gasteiger partial charge in [0.25, 0.3) is 0 Å². The Balaban J connectivity index is 1.30. The third-order valence-electron chi connectivity index (χ3n) is 3.96. The SMILES string of the molecule is c1ccc(CCCC[NH2+]C[C@@H]2COc3ccccc3O2)cc1. The van der Waals surface area contributed by atoms with Gasteiger partial charge in [-0.05, 0) is 37.0 Å². The first-order chi connectivity index (χ1) is 10.9. The van der Waals surface area contributed by atoms with E-state index >= 15 is 0 Å². The van der Waals surface area contributed by atoms with Crippen molar-refractivity contribution >= 4 is 0 Å². The van der Waals surface area contributed by atoms with Crippen LogP contribution in [0.4, 0.5) is 0 Å². The lowest BCUT2D eigenvalue weighted by molar-refractivity contribution is -0.660. The van der Waals surface area contributed by atoms with Crippen LogP contribution in [0.25, 0.3) is 0 Å². The lowest BCUT2D eigenvalue weighted by Crippen LogP contribution is -2.87. The maximum absolute atomic E-state index is 5.95. The van der Waals surface area contributed by atoms with Crippen LogP contribution in [0.15, 0.2) is 54.6 Å². The van der Waals surface area contributed by atoms with Crippen molar-refractivity contribution in [2.45, 2.75) is 25.4 Å². The van der Waals surface area contributed by atoms with Gasteiger partial charge in [-0.3, -0.25) is 0 Å². The van der Waals surface area contributed by atoms with E-state index in [0.717, 1.165) is 24.6 Å². The number of benzene rings is 2. The maximum Gasteiger partial charge on any atom is 0.181 e. The van der Waals surface area contributed by atoms with Gasteiger partial charge in [0, 0.05) is 0 Å². The zero-order valence-electron chi connectivity index (χ0n) is 12.9. The number of rotatable bonds is 7. The smallest absolute Gasteiger partial charge is 0.181 e. The highest BCUT2D eigenvalue weighted by Gasteiger charge is 2.21. The molecule has 0 radical (unpaired) electrons. The lowest BCUT2D eigenvalue weighted by atomic mass is 10.1. The molecule has 0 saturated heterocycles. The molecule has 0 bridgehead atoms. The number of ether oxygens (including phenoxy) is 2. The molecule has 0 fully saturated rings. The monoisotopic (exact) mass is 298 g/mol. The normalized spacial score (nSPS) is 16.5. The van der Waals surface area contributed by atoms with Gasteiger partial charge in [0.2, 0.25) is 0 Å². The predicted octanol–water partition coefficient (Wildman–Crippen LogP) is 2.41. The van der Waals surface area contributed by atoms with Crippen molar-refractivity contribution in [3.8, 4) is 11.5 Å². The minimum absolute atomic E-state index is 0.157. The highest BCUT2D eigenvalue weighted by molar-refractivity contribution is 5.40. The second-order valence-corrected chi connectivity index (χ2v) is 5.75. The Labute approximate surface area is 132 Å². The average molecular weight is 298 g/mol. The van der Waals surface area contributed by atoms with Crippen LogP contribution in [0, 0.1) is 0 Å². The molecule has 3 heteroatoms. The number of aryl methyl sites for hydroxylation is 1. The Kier molecular flexibility index (Phi) is 5.32. The van der Waals surface area contributed by atoms with Crippen LogP contribution in [-0.2, 0) is 6.42 Å². The van der Waals surface area contributed by atoms with Crippen molar-refractivity contribution < 1.29 is 14.8 Å². The van der Waals surface area contributed by atoms with E-state index in [4.69, 9.17) is 9.47 Å². The van der Waals surface area contributed by atoms with E-state index in [1.54, 1.807) is 0 Å². The fourth-order valence-corrected chi connectivity index (χ4v) is 2.75. The van der Waals surface area contributed by atoms with Crippen LogP contribution in [0.2, 0.25) is 0 Å². The Morgan fingerprint density at radius 1 is 0.909 bits per heavy atom. The number of fused-ring (bicyclic) bond motifs is 1.